The quantitative estimate of drug-likeness (QED) is 0.811. The van der Waals surface area contributed by atoms with Crippen molar-refractivity contribution in [3.8, 4) is 0 Å². The number of unbranched alkanes of at least 4 members (excludes halogenated alkanes) is 1. The summed E-state index contributed by atoms with van der Waals surface area (Å²) in [5.74, 6) is 0. The lowest BCUT2D eigenvalue weighted by atomic mass is 10.2. The molecule has 106 valence electrons. The van der Waals surface area contributed by atoms with Crippen LogP contribution in [0, 0.1) is 0 Å². The third-order valence-electron chi connectivity index (χ3n) is 3.69. The molecule has 1 heterocycles. The zero-order valence-corrected chi connectivity index (χ0v) is 13.3. The molecule has 0 unspecified atom stereocenters. The monoisotopic (exact) mass is 325 g/mol. The Morgan fingerprint density at radius 2 is 1.84 bits per heavy atom. The van der Waals surface area contributed by atoms with Crippen molar-refractivity contribution >= 4 is 21.6 Å². The number of hydrogen-bond acceptors (Lipinski definition) is 3. The standard InChI is InChI=1S/C15H24BrN3/c1-18(15-6-4-14(16)5-7-15)10-2-3-11-19-12-8-17-9-13-19/h4-7,17H,2-3,8-13H2,1H3. The van der Waals surface area contributed by atoms with E-state index >= 15 is 0 Å². The number of nitrogens with one attached hydrogen (secondary N) is 1. The third kappa shape index (κ3) is 5.13. The maximum atomic E-state index is 3.47. The van der Waals surface area contributed by atoms with Crippen molar-refractivity contribution in [2.45, 2.75) is 12.8 Å². The molecule has 1 aromatic rings. The molecule has 1 aliphatic rings. The number of benzene rings is 1. The first-order valence-corrected chi connectivity index (χ1v) is 7.95. The minimum atomic E-state index is 1.13. The highest BCUT2D eigenvalue weighted by Gasteiger charge is 2.08. The maximum Gasteiger partial charge on any atom is 0.0364 e. The topological polar surface area (TPSA) is 18.5 Å². The minimum Gasteiger partial charge on any atom is -0.375 e. The second kappa shape index (κ2) is 7.88. The molecule has 19 heavy (non-hydrogen) atoms. The molecule has 3 nitrogen and oxygen atoms in total. The second-order valence-corrected chi connectivity index (χ2v) is 6.11. The van der Waals surface area contributed by atoms with Crippen LogP contribution in [0.4, 0.5) is 5.69 Å². The largest absolute Gasteiger partial charge is 0.375 e. The van der Waals surface area contributed by atoms with Gasteiger partial charge in [-0.2, -0.15) is 0 Å². The summed E-state index contributed by atoms with van der Waals surface area (Å²) in [7, 11) is 2.17. The molecule has 0 bridgehead atoms. The first-order chi connectivity index (χ1) is 9.25. The summed E-state index contributed by atoms with van der Waals surface area (Å²) in [6.45, 7) is 7.10. The van der Waals surface area contributed by atoms with Gasteiger partial charge in [-0.3, -0.25) is 0 Å². The van der Waals surface area contributed by atoms with Gasteiger partial charge in [-0.25, -0.2) is 0 Å². The van der Waals surface area contributed by atoms with E-state index in [-0.39, 0.29) is 0 Å². The number of nitrogens with zero attached hydrogens (tertiary/aromatic N) is 2. The number of hydrogen-bond donors (Lipinski definition) is 1. The highest BCUT2D eigenvalue weighted by atomic mass is 79.9. The SMILES string of the molecule is CN(CCCCN1CCNCC1)c1ccc(Br)cc1. The maximum absolute atomic E-state index is 3.47. The van der Waals surface area contributed by atoms with E-state index in [1.54, 1.807) is 0 Å². The lowest BCUT2D eigenvalue weighted by Gasteiger charge is -2.27. The molecule has 0 amide bonds. The summed E-state index contributed by atoms with van der Waals surface area (Å²) in [6.07, 6.45) is 2.55. The number of halogens is 1. The van der Waals surface area contributed by atoms with Gasteiger partial charge in [0.15, 0.2) is 0 Å². The van der Waals surface area contributed by atoms with Crippen LogP contribution in [-0.4, -0.2) is 51.2 Å². The Morgan fingerprint density at radius 1 is 1.16 bits per heavy atom. The lowest BCUT2D eigenvalue weighted by Crippen LogP contribution is -2.43. The van der Waals surface area contributed by atoms with Crippen LogP contribution >= 0.6 is 15.9 Å². The van der Waals surface area contributed by atoms with E-state index in [2.05, 4.69) is 62.4 Å². The molecule has 1 aliphatic heterocycles. The summed E-state index contributed by atoms with van der Waals surface area (Å²) in [5, 5.41) is 3.40. The van der Waals surface area contributed by atoms with Crippen LogP contribution in [0.5, 0.6) is 0 Å². The highest BCUT2D eigenvalue weighted by Crippen LogP contribution is 2.17. The van der Waals surface area contributed by atoms with Crippen LogP contribution in [0.3, 0.4) is 0 Å². The minimum absolute atomic E-state index is 1.13. The fraction of sp³-hybridized carbons (Fsp3) is 0.600. The molecule has 0 atom stereocenters. The average Bonchev–Trinajstić information content (AvgIpc) is 2.45. The van der Waals surface area contributed by atoms with Crippen LogP contribution in [0.2, 0.25) is 0 Å². The van der Waals surface area contributed by atoms with Gasteiger partial charge in [-0.1, -0.05) is 15.9 Å². The summed E-state index contributed by atoms with van der Waals surface area (Å²) in [4.78, 5) is 4.90. The molecule has 0 aromatic heterocycles. The predicted molar refractivity (Wildman–Crippen MR) is 86.0 cm³/mol. The number of anilines is 1. The zero-order chi connectivity index (χ0) is 13.5. The Hall–Kier alpha value is -0.580. The van der Waals surface area contributed by atoms with Crippen molar-refractivity contribution in [3.63, 3.8) is 0 Å². The predicted octanol–water partition coefficient (Wildman–Crippen LogP) is 2.57. The van der Waals surface area contributed by atoms with E-state index < -0.39 is 0 Å². The van der Waals surface area contributed by atoms with Crippen LogP contribution in [-0.2, 0) is 0 Å². The van der Waals surface area contributed by atoms with E-state index in [9.17, 15) is 0 Å². The highest BCUT2D eigenvalue weighted by molar-refractivity contribution is 9.10. The molecular weight excluding hydrogens is 302 g/mol. The number of rotatable bonds is 6. The zero-order valence-electron chi connectivity index (χ0n) is 11.7. The Morgan fingerprint density at radius 3 is 2.53 bits per heavy atom. The average molecular weight is 326 g/mol. The van der Waals surface area contributed by atoms with E-state index in [1.165, 1.54) is 38.2 Å². The summed E-state index contributed by atoms with van der Waals surface area (Å²) >= 11 is 3.47. The lowest BCUT2D eigenvalue weighted by molar-refractivity contribution is 0.237. The van der Waals surface area contributed by atoms with Crippen molar-refractivity contribution < 1.29 is 0 Å². The smallest absolute Gasteiger partial charge is 0.0364 e. The Kier molecular flexibility index (Phi) is 6.14. The van der Waals surface area contributed by atoms with Crippen molar-refractivity contribution in [2.24, 2.45) is 0 Å². The first kappa shape index (κ1) is 14.8. The fourth-order valence-corrected chi connectivity index (χ4v) is 2.71. The van der Waals surface area contributed by atoms with E-state index in [4.69, 9.17) is 0 Å². The van der Waals surface area contributed by atoms with Gasteiger partial charge in [0, 0.05) is 49.9 Å². The van der Waals surface area contributed by atoms with Gasteiger partial charge < -0.3 is 15.1 Å². The Labute approximate surface area is 125 Å². The van der Waals surface area contributed by atoms with Crippen LogP contribution < -0.4 is 10.2 Å². The van der Waals surface area contributed by atoms with Gasteiger partial charge in [-0.15, -0.1) is 0 Å². The van der Waals surface area contributed by atoms with Gasteiger partial charge in [0.05, 0.1) is 0 Å². The van der Waals surface area contributed by atoms with Crippen LogP contribution in [0.15, 0.2) is 28.7 Å². The van der Waals surface area contributed by atoms with E-state index in [0.717, 1.165) is 24.1 Å². The van der Waals surface area contributed by atoms with Gasteiger partial charge in [0.1, 0.15) is 0 Å². The van der Waals surface area contributed by atoms with Crippen LogP contribution in [0.25, 0.3) is 0 Å². The second-order valence-electron chi connectivity index (χ2n) is 5.20. The molecule has 1 N–H and O–H groups in total. The molecule has 2 rings (SSSR count). The normalized spacial score (nSPS) is 16.5. The van der Waals surface area contributed by atoms with E-state index in [1.807, 2.05) is 0 Å². The molecule has 1 aromatic carbocycles. The Balaban J connectivity index is 1.63. The molecular formula is C15H24BrN3. The van der Waals surface area contributed by atoms with Crippen molar-refractivity contribution in [1.29, 1.82) is 0 Å². The van der Waals surface area contributed by atoms with Gasteiger partial charge in [0.2, 0.25) is 0 Å². The van der Waals surface area contributed by atoms with E-state index in [0.29, 0.717) is 0 Å². The van der Waals surface area contributed by atoms with Gasteiger partial charge in [-0.05, 0) is 43.7 Å². The van der Waals surface area contributed by atoms with Crippen molar-refractivity contribution in [2.75, 3.05) is 51.2 Å². The third-order valence-corrected chi connectivity index (χ3v) is 4.22. The molecule has 0 spiro atoms. The molecule has 1 fully saturated rings. The van der Waals surface area contributed by atoms with Crippen molar-refractivity contribution in [1.82, 2.24) is 10.2 Å². The molecule has 0 saturated carbocycles. The summed E-state index contributed by atoms with van der Waals surface area (Å²) in [5.41, 5.74) is 1.30. The van der Waals surface area contributed by atoms with Crippen molar-refractivity contribution in [3.05, 3.63) is 28.7 Å². The number of piperazine rings is 1. The summed E-state index contributed by atoms with van der Waals surface area (Å²) in [6, 6.07) is 8.54. The summed E-state index contributed by atoms with van der Waals surface area (Å²) < 4.78 is 1.14. The van der Waals surface area contributed by atoms with Gasteiger partial charge >= 0.3 is 0 Å². The van der Waals surface area contributed by atoms with Crippen LogP contribution in [0.1, 0.15) is 12.8 Å². The first-order valence-electron chi connectivity index (χ1n) is 7.15. The fourth-order valence-electron chi connectivity index (χ4n) is 2.44. The Bertz CT molecular complexity index is 360. The molecule has 0 radical (unpaired) electrons. The van der Waals surface area contributed by atoms with Gasteiger partial charge in [0.25, 0.3) is 0 Å². The molecule has 0 aliphatic carbocycles. The molecule has 4 heteroatoms. The molecule has 1 saturated heterocycles.